The summed E-state index contributed by atoms with van der Waals surface area (Å²) in [6.07, 6.45) is 0. The smallest absolute Gasteiger partial charge is 0.414 e. The quantitative estimate of drug-likeness (QED) is 0.690. The second-order valence-corrected chi connectivity index (χ2v) is 6.72. The van der Waals surface area contributed by atoms with E-state index < -0.39 is 11.9 Å². The molecule has 0 unspecified atom stereocenters. The summed E-state index contributed by atoms with van der Waals surface area (Å²) in [4.78, 5) is 35.0. The second kappa shape index (κ2) is 11.6. The number of carbonyl (C=O) groups excluding carboxylic acids is 1. The maximum Gasteiger partial charge on any atom is 0.414 e. The molecule has 0 saturated carbocycles. The zero-order valence-corrected chi connectivity index (χ0v) is 17.5. The van der Waals surface area contributed by atoms with Crippen LogP contribution in [0.2, 0.25) is 0 Å². The lowest BCUT2D eigenvalue weighted by Gasteiger charge is -2.35. The molecular weight excluding hydrogens is 404 g/mol. The van der Waals surface area contributed by atoms with Gasteiger partial charge in [-0.25, -0.2) is 9.59 Å². The highest BCUT2D eigenvalue weighted by molar-refractivity contribution is 6.27. The van der Waals surface area contributed by atoms with Crippen molar-refractivity contribution in [1.29, 1.82) is 0 Å². The standard InChI is InChI=1S/C20H24N2O3.C2H2O4/c1-24-18-8-9-19(25-2)17(14-18)15-21-10-12-22(13-11-21)20(23)16-6-4-3-5-7-16;3-1(4)2(5)6/h3-9,14H,10-13,15H2,1-2H3;(H,3,4)(H,5,6). The molecule has 1 heterocycles. The van der Waals surface area contributed by atoms with Gasteiger partial charge in [0.15, 0.2) is 0 Å². The molecule has 166 valence electrons. The van der Waals surface area contributed by atoms with E-state index in [2.05, 4.69) is 4.90 Å². The fourth-order valence-electron chi connectivity index (χ4n) is 3.12. The van der Waals surface area contributed by atoms with E-state index in [1.807, 2.05) is 53.4 Å². The molecule has 0 bridgehead atoms. The SMILES string of the molecule is COc1ccc(OC)c(CN2CCN(C(=O)c3ccccc3)CC2)c1.O=C(O)C(=O)O. The molecule has 2 N–H and O–H groups in total. The van der Waals surface area contributed by atoms with E-state index in [9.17, 15) is 4.79 Å². The lowest BCUT2D eigenvalue weighted by molar-refractivity contribution is -0.159. The molecule has 0 aliphatic carbocycles. The molecule has 0 atom stereocenters. The van der Waals surface area contributed by atoms with Gasteiger partial charge in [-0.3, -0.25) is 9.69 Å². The van der Waals surface area contributed by atoms with Gasteiger partial charge in [0.1, 0.15) is 11.5 Å². The molecule has 0 aromatic heterocycles. The van der Waals surface area contributed by atoms with Crippen LogP contribution in [0.3, 0.4) is 0 Å². The molecule has 1 fully saturated rings. The highest BCUT2D eigenvalue weighted by Crippen LogP contribution is 2.25. The fraction of sp³-hybridized carbons (Fsp3) is 0.318. The number of hydrogen-bond acceptors (Lipinski definition) is 6. The number of hydrogen-bond donors (Lipinski definition) is 2. The third-order valence-electron chi connectivity index (χ3n) is 4.74. The molecule has 2 aromatic rings. The number of carbonyl (C=O) groups is 3. The molecule has 0 spiro atoms. The predicted molar refractivity (Wildman–Crippen MR) is 112 cm³/mol. The van der Waals surface area contributed by atoms with Crippen LogP contribution in [0.25, 0.3) is 0 Å². The zero-order chi connectivity index (χ0) is 22.8. The van der Waals surface area contributed by atoms with Crippen LogP contribution in [0, 0.1) is 0 Å². The number of methoxy groups -OCH3 is 2. The van der Waals surface area contributed by atoms with Crippen LogP contribution in [0.1, 0.15) is 15.9 Å². The first kappa shape index (κ1) is 23.7. The number of aliphatic carboxylic acids is 2. The van der Waals surface area contributed by atoms with E-state index in [4.69, 9.17) is 29.3 Å². The summed E-state index contributed by atoms with van der Waals surface area (Å²) in [6, 6.07) is 15.3. The van der Waals surface area contributed by atoms with Crippen molar-refractivity contribution in [2.24, 2.45) is 0 Å². The number of piperazine rings is 1. The van der Waals surface area contributed by atoms with Gasteiger partial charge in [-0.15, -0.1) is 0 Å². The average Bonchev–Trinajstić information content (AvgIpc) is 2.80. The van der Waals surface area contributed by atoms with Crippen LogP contribution >= 0.6 is 0 Å². The minimum atomic E-state index is -1.82. The largest absolute Gasteiger partial charge is 0.497 e. The minimum absolute atomic E-state index is 0.110. The summed E-state index contributed by atoms with van der Waals surface area (Å²) in [6.45, 7) is 3.95. The Morgan fingerprint density at radius 3 is 2.00 bits per heavy atom. The lowest BCUT2D eigenvalue weighted by atomic mass is 10.1. The van der Waals surface area contributed by atoms with E-state index in [0.717, 1.165) is 55.3 Å². The first-order valence-corrected chi connectivity index (χ1v) is 9.59. The van der Waals surface area contributed by atoms with Crippen molar-refractivity contribution in [1.82, 2.24) is 9.80 Å². The van der Waals surface area contributed by atoms with E-state index in [0.29, 0.717) is 0 Å². The van der Waals surface area contributed by atoms with Crippen molar-refractivity contribution in [2.75, 3.05) is 40.4 Å². The molecule has 1 aliphatic heterocycles. The topological polar surface area (TPSA) is 117 Å². The van der Waals surface area contributed by atoms with Crippen LogP contribution in [0.15, 0.2) is 48.5 Å². The minimum Gasteiger partial charge on any atom is -0.497 e. The summed E-state index contributed by atoms with van der Waals surface area (Å²) in [5, 5.41) is 14.8. The van der Waals surface area contributed by atoms with Gasteiger partial charge in [0.25, 0.3) is 5.91 Å². The van der Waals surface area contributed by atoms with Crippen LogP contribution < -0.4 is 9.47 Å². The Morgan fingerprint density at radius 2 is 1.48 bits per heavy atom. The molecule has 9 heteroatoms. The number of amides is 1. The van der Waals surface area contributed by atoms with Crippen molar-refractivity contribution in [3.8, 4) is 11.5 Å². The number of rotatable bonds is 5. The van der Waals surface area contributed by atoms with Crippen LogP contribution in [0.4, 0.5) is 0 Å². The van der Waals surface area contributed by atoms with Crippen LogP contribution in [0.5, 0.6) is 11.5 Å². The Kier molecular flexibility index (Phi) is 8.83. The zero-order valence-electron chi connectivity index (χ0n) is 17.5. The Labute approximate surface area is 180 Å². The summed E-state index contributed by atoms with van der Waals surface area (Å²) in [7, 11) is 3.35. The first-order chi connectivity index (χ1) is 14.8. The third kappa shape index (κ3) is 7.00. The summed E-state index contributed by atoms with van der Waals surface area (Å²) < 4.78 is 10.8. The Balaban J connectivity index is 0.000000501. The van der Waals surface area contributed by atoms with Crippen molar-refractivity contribution in [3.05, 3.63) is 59.7 Å². The number of benzene rings is 2. The van der Waals surface area contributed by atoms with Gasteiger partial charge in [0.05, 0.1) is 14.2 Å². The van der Waals surface area contributed by atoms with Crippen molar-refractivity contribution < 1.29 is 34.1 Å². The van der Waals surface area contributed by atoms with E-state index in [1.165, 1.54) is 0 Å². The van der Waals surface area contributed by atoms with Gasteiger partial charge in [0, 0.05) is 43.9 Å². The Bertz CT molecular complexity index is 882. The van der Waals surface area contributed by atoms with Crippen LogP contribution in [-0.4, -0.2) is 78.3 Å². The van der Waals surface area contributed by atoms with E-state index in [1.54, 1.807) is 14.2 Å². The summed E-state index contributed by atoms with van der Waals surface area (Å²) >= 11 is 0. The average molecular weight is 430 g/mol. The van der Waals surface area contributed by atoms with Crippen molar-refractivity contribution in [3.63, 3.8) is 0 Å². The van der Waals surface area contributed by atoms with Crippen LogP contribution in [-0.2, 0) is 16.1 Å². The number of ether oxygens (including phenoxy) is 2. The molecular formula is C22H26N2O7. The van der Waals surface area contributed by atoms with E-state index in [-0.39, 0.29) is 5.91 Å². The number of carboxylic acids is 2. The third-order valence-corrected chi connectivity index (χ3v) is 4.74. The molecule has 9 nitrogen and oxygen atoms in total. The molecule has 31 heavy (non-hydrogen) atoms. The van der Waals surface area contributed by atoms with Crippen molar-refractivity contribution >= 4 is 17.8 Å². The van der Waals surface area contributed by atoms with Gasteiger partial charge in [-0.1, -0.05) is 18.2 Å². The maximum atomic E-state index is 12.5. The van der Waals surface area contributed by atoms with Gasteiger partial charge >= 0.3 is 11.9 Å². The van der Waals surface area contributed by atoms with Crippen molar-refractivity contribution in [2.45, 2.75) is 6.54 Å². The molecule has 3 rings (SSSR count). The maximum absolute atomic E-state index is 12.5. The van der Waals surface area contributed by atoms with Gasteiger partial charge in [-0.05, 0) is 30.3 Å². The lowest BCUT2D eigenvalue weighted by Crippen LogP contribution is -2.48. The molecule has 1 saturated heterocycles. The number of nitrogens with zero attached hydrogens (tertiary/aromatic N) is 2. The second-order valence-electron chi connectivity index (χ2n) is 6.72. The fourth-order valence-corrected chi connectivity index (χ4v) is 3.12. The molecule has 1 amide bonds. The molecule has 0 radical (unpaired) electrons. The van der Waals surface area contributed by atoms with Gasteiger partial charge in [-0.2, -0.15) is 0 Å². The van der Waals surface area contributed by atoms with E-state index >= 15 is 0 Å². The predicted octanol–water partition coefficient (Wildman–Crippen LogP) is 1.82. The molecule has 2 aromatic carbocycles. The molecule has 1 aliphatic rings. The summed E-state index contributed by atoms with van der Waals surface area (Å²) in [5.41, 5.74) is 1.86. The monoisotopic (exact) mass is 430 g/mol. The number of carboxylic acid groups (broad SMARTS) is 2. The highest BCUT2D eigenvalue weighted by Gasteiger charge is 2.22. The highest BCUT2D eigenvalue weighted by atomic mass is 16.5. The Morgan fingerprint density at radius 1 is 0.871 bits per heavy atom. The first-order valence-electron chi connectivity index (χ1n) is 9.59. The van der Waals surface area contributed by atoms with Gasteiger partial charge < -0.3 is 24.6 Å². The Hall–Kier alpha value is -3.59. The summed E-state index contributed by atoms with van der Waals surface area (Å²) in [5.74, 6) is -1.85. The van der Waals surface area contributed by atoms with Gasteiger partial charge in [0.2, 0.25) is 0 Å². The normalized spacial score (nSPS) is 13.5.